The SMILES string of the molecule is O=C(Nc1ccc(-n2nc(-c3cccnc3)cc2C(F)(F)F)nn1)c1cccc(-c2ccc(=O)[nH]c2)c1. The first-order chi connectivity index (χ1) is 17.8. The van der Waals surface area contributed by atoms with Crippen LogP contribution in [0, 0.1) is 0 Å². The Hall–Kier alpha value is -5.13. The van der Waals surface area contributed by atoms with E-state index in [2.05, 4.69) is 30.6 Å². The third-order valence-electron chi connectivity index (χ3n) is 5.31. The van der Waals surface area contributed by atoms with Crippen LogP contribution in [-0.2, 0) is 6.18 Å². The highest BCUT2D eigenvalue weighted by Gasteiger charge is 2.37. The van der Waals surface area contributed by atoms with Gasteiger partial charge in [-0.1, -0.05) is 12.1 Å². The number of rotatable bonds is 5. The van der Waals surface area contributed by atoms with Gasteiger partial charge in [0.15, 0.2) is 17.3 Å². The van der Waals surface area contributed by atoms with E-state index in [4.69, 9.17) is 0 Å². The maximum Gasteiger partial charge on any atom is 0.433 e. The van der Waals surface area contributed by atoms with Crippen molar-refractivity contribution < 1.29 is 18.0 Å². The standard InChI is InChI=1S/C25H16F3N7O2/c26-25(27,28)20-12-19(18-5-2-10-29-13-18)34-35(20)22-8-7-21(32-33-22)31-24(37)16-4-1-3-15(11-16)17-6-9-23(36)30-14-17/h1-14H,(H,30,36)(H,31,32,37). The second-order valence-corrected chi connectivity index (χ2v) is 7.82. The molecule has 5 aromatic rings. The predicted octanol–water partition coefficient (Wildman–Crippen LogP) is 4.35. The quantitative estimate of drug-likeness (QED) is 0.368. The maximum absolute atomic E-state index is 13.7. The molecule has 4 heterocycles. The zero-order valence-corrected chi connectivity index (χ0v) is 18.8. The Balaban J connectivity index is 1.38. The summed E-state index contributed by atoms with van der Waals surface area (Å²) in [6.45, 7) is 0. The molecule has 184 valence electrons. The van der Waals surface area contributed by atoms with Crippen molar-refractivity contribution in [2.45, 2.75) is 6.18 Å². The molecule has 0 saturated heterocycles. The summed E-state index contributed by atoms with van der Waals surface area (Å²) in [6.07, 6.45) is -0.251. The minimum Gasteiger partial charge on any atom is -0.328 e. The number of aromatic amines is 1. The Labute approximate surface area is 206 Å². The summed E-state index contributed by atoms with van der Waals surface area (Å²) < 4.78 is 41.7. The molecule has 5 rings (SSSR count). The van der Waals surface area contributed by atoms with Crippen molar-refractivity contribution in [3.63, 3.8) is 0 Å². The number of nitrogens with zero attached hydrogens (tertiary/aromatic N) is 5. The normalized spacial score (nSPS) is 11.3. The van der Waals surface area contributed by atoms with Gasteiger partial charge in [-0.25, -0.2) is 4.68 Å². The minimum absolute atomic E-state index is 0.0383. The lowest BCUT2D eigenvalue weighted by molar-refractivity contribution is -0.142. The number of anilines is 1. The van der Waals surface area contributed by atoms with E-state index >= 15 is 0 Å². The average Bonchev–Trinajstić information content (AvgIpc) is 3.37. The van der Waals surface area contributed by atoms with Crippen molar-refractivity contribution in [3.8, 4) is 28.2 Å². The van der Waals surface area contributed by atoms with E-state index in [1.165, 1.54) is 36.8 Å². The van der Waals surface area contributed by atoms with Gasteiger partial charge in [0.1, 0.15) is 0 Å². The van der Waals surface area contributed by atoms with Crippen LogP contribution in [0.25, 0.3) is 28.2 Å². The van der Waals surface area contributed by atoms with Gasteiger partial charge >= 0.3 is 6.18 Å². The second kappa shape index (κ2) is 9.49. The van der Waals surface area contributed by atoms with Crippen LogP contribution in [-0.4, -0.2) is 35.9 Å². The molecule has 0 fully saturated rings. The predicted molar refractivity (Wildman–Crippen MR) is 128 cm³/mol. The third-order valence-corrected chi connectivity index (χ3v) is 5.31. The fraction of sp³-hybridized carbons (Fsp3) is 0.0400. The largest absolute Gasteiger partial charge is 0.433 e. The molecule has 0 aliphatic heterocycles. The number of halogens is 3. The molecule has 0 saturated carbocycles. The number of aromatic nitrogens is 6. The molecule has 2 N–H and O–H groups in total. The van der Waals surface area contributed by atoms with Crippen LogP contribution in [0.1, 0.15) is 16.1 Å². The van der Waals surface area contributed by atoms with Crippen molar-refractivity contribution >= 4 is 11.7 Å². The fourth-order valence-corrected chi connectivity index (χ4v) is 3.54. The second-order valence-electron chi connectivity index (χ2n) is 7.82. The zero-order chi connectivity index (χ0) is 26.0. The summed E-state index contributed by atoms with van der Waals surface area (Å²) in [6, 6.07) is 16.4. The van der Waals surface area contributed by atoms with Gasteiger partial charge in [-0.05, 0) is 59.7 Å². The lowest BCUT2D eigenvalue weighted by Gasteiger charge is -2.10. The zero-order valence-electron chi connectivity index (χ0n) is 18.8. The van der Waals surface area contributed by atoms with E-state index in [1.807, 2.05) is 0 Å². The molecule has 12 heteroatoms. The molecular weight excluding hydrogens is 487 g/mol. The van der Waals surface area contributed by atoms with Crippen LogP contribution < -0.4 is 10.9 Å². The van der Waals surface area contributed by atoms with Crippen LogP contribution in [0.5, 0.6) is 0 Å². The van der Waals surface area contributed by atoms with Crippen molar-refractivity contribution in [3.05, 3.63) is 107 Å². The molecule has 0 radical (unpaired) electrons. The van der Waals surface area contributed by atoms with Gasteiger partial charge in [0.2, 0.25) is 5.56 Å². The molecule has 0 atom stereocenters. The molecule has 1 amide bonds. The molecule has 0 aliphatic carbocycles. The molecule has 9 nitrogen and oxygen atoms in total. The minimum atomic E-state index is -4.70. The average molecular weight is 503 g/mol. The number of pyridine rings is 2. The number of hydrogen-bond acceptors (Lipinski definition) is 6. The Bertz CT molecular complexity index is 1610. The van der Waals surface area contributed by atoms with E-state index in [0.717, 1.165) is 6.07 Å². The van der Waals surface area contributed by atoms with Gasteiger partial charge in [-0.3, -0.25) is 14.6 Å². The van der Waals surface area contributed by atoms with Crippen molar-refractivity contribution in [1.82, 2.24) is 29.9 Å². The Morgan fingerprint density at radius 2 is 1.76 bits per heavy atom. The molecule has 0 bridgehead atoms. The molecule has 0 unspecified atom stereocenters. The number of carbonyl (C=O) groups excluding carboxylic acids is 1. The summed E-state index contributed by atoms with van der Waals surface area (Å²) in [7, 11) is 0. The van der Waals surface area contributed by atoms with E-state index in [-0.39, 0.29) is 22.9 Å². The fourth-order valence-electron chi connectivity index (χ4n) is 3.54. The van der Waals surface area contributed by atoms with E-state index in [1.54, 1.807) is 42.5 Å². The van der Waals surface area contributed by atoms with Crippen LogP contribution in [0.15, 0.2) is 90.1 Å². The number of benzene rings is 1. The Morgan fingerprint density at radius 3 is 2.43 bits per heavy atom. The van der Waals surface area contributed by atoms with Crippen LogP contribution in [0.4, 0.5) is 19.0 Å². The lowest BCUT2D eigenvalue weighted by atomic mass is 10.0. The van der Waals surface area contributed by atoms with Crippen LogP contribution in [0.2, 0.25) is 0 Å². The molecule has 0 aliphatic rings. The summed E-state index contributed by atoms with van der Waals surface area (Å²) in [4.78, 5) is 30.5. The summed E-state index contributed by atoms with van der Waals surface area (Å²) in [5, 5.41) is 14.3. The Morgan fingerprint density at radius 1 is 0.919 bits per heavy atom. The van der Waals surface area contributed by atoms with E-state index in [9.17, 15) is 22.8 Å². The first kappa shape index (κ1) is 23.6. The third kappa shape index (κ3) is 5.12. The number of carbonyl (C=O) groups is 1. The van der Waals surface area contributed by atoms with Gasteiger partial charge in [0.25, 0.3) is 5.91 Å². The number of alkyl halides is 3. The van der Waals surface area contributed by atoms with Crippen molar-refractivity contribution in [1.29, 1.82) is 0 Å². The van der Waals surface area contributed by atoms with Gasteiger partial charge < -0.3 is 10.3 Å². The molecule has 4 aromatic heterocycles. The number of amides is 1. The van der Waals surface area contributed by atoms with E-state index < -0.39 is 17.8 Å². The highest BCUT2D eigenvalue weighted by Crippen LogP contribution is 2.33. The highest BCUT2D eigenvalue weighted by atomic mass is 19.4. The molecule has 37 heavy (non-hydrogen) atoms. The first-order valence-corrected chi connectivity index (χ1v) is 10.8. The smallest absolute Gasteiger partial charge is 0.328 e. The Kier molecular flexibility index (Phi) is 6.05. The van der Waals surface area contributed by atoms with Gasteiger partial charge in [0, 0.05) is 35.8 Å². The topological polar surface area (TPSA) is 118 Å². The maximum atomic E-state index is 13.7. The van der Waals surface area contributed by atoms with Crippen LogP contribution in [0.3, 0.4) is 0 Å². The van der Waals surface area contributed by atoms with Crippen LogP contribution >= 0.6 is 0 Å². The molecule has 0 spiro atoms. The molecule has 1 aromatic carbocycles. The first-order valence-electron chi connectivity index (χ1n) is 10.8. The highest BCUT2D eigenvalue weighted by molar-refractivity contribution is 6.04. The monoisotopic (exact) mass is 503 g/mol. The summed E-state index contributed by atoms with van der Waals surface area (Å²) in [5.74, 6) is -0.640. The van der Waals surface area contributed by atoms with Gasteiger partial charge in [0.05, 0.1) is 5.69 Å². The number of hydrogen-bond donors (Lipinski definition) is 2. The summed E-state index contributed by atoms with van der Waals surface area (Å²) >= 11 is 0. The van der Waals surface area contributed by atoms with E-state index in [0.29, 0.717) is 26.9 Å². The lowest BCUT2D eigenvalue weighted by Crippen LogP contribution is -2.16. The van der Waals surface area contributed by atoms with Crippen molar-refractivity contribution in [2.75, 3.05) is 5.32 Å². The van der Waals surface area contributed by atoms with Crippen molar-refractivity contribution in [2.24, 2.45) is 0 Å². The summed E-state index contributed by atoms with van der Waals surface area (Å²) in [5.41, 5.74) is 0.926. The van der Waals surface area contributed by atoms with Gasteiger partial charge in [-0.15, -0.1) is 10.2 Å². The van der Waals surface area contributed by atoms with Gasteiger partial charge in [-0.2, -0.15) is 18.3 Å². The number of nitrogens with one attached hydrogen (secondary N) is 2. The molecular formula is C25H16F3N7O2. The number of H-pyrrole nitrogens is 1.